The monoisotopic (exact) mass is 340 g/mol. The topological polar surface area (TPSA) is 76.2 Å². The van der Waals surface area contributed by atoms with Crippen LogP contribution in [0.15, 0.2) is 18.2 Å². The van der Waals surface area contributed by atoms with Crippen LogP contribution >= 0.6 is 0 Å². The number of benzene rings is 1. The smallest absolute Gasteiger partial charge is 0.244 e. The number of sulfone groups is 1. The highest BCUT2D eigenvalue weighted by Crippen LogP contribution is 2.35. The Bertz CT molecular complexity index is 703. The minimum Gasteiger partial charge on any atom is -0.454 e. The molecule has 1 atom stereocenters. The van der Waals surface area contributed by atoms with Gasteiger partial charge in [-0.3, -0.25) is 9.69 Å². The van der Waals surface area contributed by atoms with Crippen LogP contribution in [0.5, 0.6) is 11.5 Å². The van der Waals surface area contributed by atoms with E-state index < -0.39 is 15.9 Å². The molecule has 23 heavy (non-hydrogen) atoms. The van der Waals surface area contributed by atoms with E-state index in [1.165, 1.54) is 0 Å². The fourth-order valence-electron chi connectivity index (χ4n) is 2.85. The van der Waals surface area contributed by atoms with E-state index >= 15 is 0 Å². The van der Waals surface area contributed by atoms with Crippen LogP contribution in [-0.2, 0) is 14.6 Å². The van der Waals surface area contributed by atoms with Crippen LogP contribution in [0.3, 0.4) is 0 Å². The fourth-order valence-corrected chi connectivity index (χ4v) is 4.05. The second-order valence-electron chi connectivity index (χ2n) is 5.96. The number of carbonyl (C=O) groups excluding carboxylic acids is 1. The third-order valence-corrected chi connectivity index (χ3v) is 5.73. The Kier molecular flexibility index (Phi) is 4.20. The molecule has 1 amide bonds. The number of likely N-dealkylation sites (N-methyl/N-ethyl adjacent to an activating group) is 1. The summed E-state index contributed by atoms with van der Waals surface area (Å²) >= 11 is 0. The molecule has 0 aliphatic carbocycles. The van der Waals surface area contributed by atoms with Crippen molar-refractivity contribution in [2.24, 2.45) is 0 Å². The minimum atomic E-state index is -3.01. The Hall–Kier alpha value is -1.80. The molecule has 3 rings (SSSR count). The lowest BCUT2D eigenvalue weighted by Gasteiger charge is -2.33. The van der Waals surface area contributed by atoms with E-state index in [-0.39, 0.29) is 37.3 Å². The van der Waals surface area contributed by atoms with Crippen LogP contribution in [0.1, 0.15) is 11.6 Å². The zero-order valence-electron chi connectivity index (χ0n) is 13.2. The standard InChI is InChI=1S/C15H20N2O5S/c1-16(2)14(11-3-4-12-13(9-11)22-10-21-12)15(18)17-5-7-23(19,20)8-6-17/h3-4,9,14H,5-8,10H2,1-2H3/t14-/m1/s1. The lowest BCUT2D eigenvalue weighted by atomic mass is 10.0. The largest absolute Gasteiger partial charge is 0.454 e. The molecule has 0 saturated carbocycles. The number of hydrogen-bond donors (Lipinski definition) is 0. The first-order valence-electron chi connectivity index (χ1n) is 7.42. The maximum Gasteiger partial charge on any atom is 0.244 e. The van der Waals surface area contributed by atoms with E-state index in [0.717, 1.165) is 5.56 Å². The zero-order valence-corrected chi connectivity index (χ0v) is 14.0. The number of fused-ring (bicyclic) bond motifs is 1. The first kappa shape index (κ1) is 16.1. The van der Waals surface area contributed by atoms with E-state index in [1.54, 1.807) is 11.0 Å². The minimum absolute atomic E-state index is 0.0278. The van der Waals surface area contributed by atoms with Crippen LogP contribution in [-0.4, -0.2) is 69.6 Å². The van der Waals surface area contributed by atoms with Crippen molar-refractivity contribution in [2.75, 3.05) is 45.5 Å². The molecular weight excluding hydrogens is 320 g/mol. The molecule has 7 nitrogen and oxygen atoms in total. The van der Waals surface area contributed by atoms with Gasteiger partial charge < -0.3 is 14.4 Å². The second kappa shape index (κ2) is 6.01. The third-order valence-electron chi connectivity index (χ3n) is 4.12. The average molecular weight is 340 g/mol. The molecule has 0 bridgehead atoms. The van der Waals surface area contributed by atoms with E-state index in [4.69, 9.17) is 9.47 Å². The van der Waals surface area contributed by atoms with Crippen molar-refractivity contribution in [1.29, 1.82) is 0 Å². The van der Waals surface area contributed by atoms with Crippen molar-refractivity contribution in [1.82, 2.24) is 9.80 Å². The van der Waals surface area contributed by atoms with Crippen LogP contribution in [0.25, 0.3) is 0 Å². The molecule has 1 aromatic carbocycles. The van der Waals surface area contributed by atoms with Crippen molar-refractivity contribution in [3.63, 3.8) is 0 Å². The number of rotatable bonds is 3. The van der Waals surface area contributed by atoms with E-state index in [2.05, 4.69) is 0 Å². The highest BCUT2D eigenvalue weighted by Gasteiger charge is 2.32. The summed E-state index contributed by atoms with van der Waals surface area (Å²) in [7, 11) is 0.643. The highest BCUT2D eigenvalue weighted by atomic mass is 32.2. The van der Waals surface area contributed by atoms with Gasteiger partial charge in [0.15, 0.2) is 21.3 Å². The van der Waals surface area contributed by atoms with E-state index in [9.17, 15) is 13.2 Å². The normalized spacial score (nSPS) is 20.6. The Morgan fingerprint density at radius 2 is 1.83 bits per heavy atom. The Morgan fingerprint density at radius 1 is 1.17 bits per heavy atom. The average Bonchev–Trinajstić information content (AvgIpc) is 2.94. The summed E-state index contributed by atoms with van der Waals surface area (Å²) in [6.45, 7) is 0.676. The number of nitrogens with zero attached hydrogens (tertiary/aromatic N) is 2. The van der Waals surface area contributed by atoms with Gasteiger partial charge in [0.1, 0.15) is 6.04 Å². The summed E-state index contributed by atoms with van der Waals surface area (Å²) in [6, 6.07) is 4.97. The van der Waals surface area contributed by atoms with Gasteiger partial charge in [-0.05, 0) is 31.8 Å². The van der Waals surface area contributed by atoms with Crippen molar-refractivity contribution in [2.45, 2.75) is 6.04 Å². The SMILES string of the molecule is CN(C)[C@@H](C(=O)N1CCS(=O)(=O)CC1)c1ccc2c(c1)OCO2. The summed E-state index contributed by atoms with van der Waals surface area (Å²) in [5.41, 5.74) is 0.803. The Labute approximate surface area is 135 Å². The van der Waals surface area contributed by atoms with Gasteiger partial charge in [-0.1, -0.05) is 6.07 Å². The third kappa shape index (κ3) is 3.28. The highest BCUT2D eigenvalue weighted by molar-refractivity contribution is 7.91. The van der Waals surface area contributed by atoms with Gasteiger partial charge in [-0.2, -0.15) is 0 Å². The summed E-state index contributed by atoms with van der Waals surface area (Å²) < 4.78 is 33.8. The van der Waals surface area contributed by atoms with Gasteiger partial charge in [0.2, 0.25) is 12.7 Å². The van der Waals surface area contributed by atoms with Crippen molar-refractivity contribution < 1.29 is 22.7 Å². The summed E-state index contributed by atoms with van der Waals surface area (Å²) in [4.78, 5) is 16.3. The molecule has 0 radical (unpaired) electrons. The molecule has 1 fully saturated rings. The van der Waals surface area contributed by atoms with Crippen molar-refractivity contribution >= 4 is 15.7 Å². The maximum absolute atomic E-state index is 12.9. The number of ether oxygens (including phenoxy) is 2. The number of carbonyl (C=O) groups is 1. The predicted molar refractivity (Wildman–Crippen MR) is 84.2 cm³/mol. The van der Waals surface area contributed by atoms with Gasteiger partial charge in [0, 0.05) is 13.1 Å². The van der Waals surface area contributed by atoms with Gasteiger partial charge in [0.05, 0.1) is 11.5 Å². The molecule has 2 heterocycles. The maximum atomic E-state index is 12.9. The quantitative estimate of drug-likeness (QED) is 0.786. The van der Waals surface area contributed by atoms with E-state index in [1.807, 2.05) is 31.1 Å². The molecule has 2 aliphatic heterocycles. The molecule has 0 aromatic heterocycles. The number of hydrogen-bond acceptors (Lipinski definition) is 6. The molecule has 0 spiro atoms. The van der Waals surface area contributed by atoms with Crippen molar-refractivity contribution in [3.05, 3.63) is 23.8 Å². The molecule has 126 valence electrons. The second-order valence-corrected chi connectivity index (χ2v) is 8.26. The van der Waals surface area contributed by atoms with Gasteiger partial charge in [-0.15, -0.1) is 0 Å². The molecule has 1 saturated heterocycles. The number of amides is 1. The molecule has 8 heteroatoms. The van der Waals surface area contributed by atoms with Crippen LogP contribution in [0.4, 0.5) is 0 Å². The Balaban J connectivity index is 1.83. The zero-order chi connectivity index (χ0) is 16.6. The summed E-state index contributed by atoms with van der Waals surface area (Å²) in [5.74, 6) is 1.26. The molecule has 1 aromatic rings. The van der Waals surface area contributed by atoms with Gasteiger partial charge in [0.25, 0.3) is 0 Å². The molecule has 0 unspecified atom stereocenters. The van der Waals surface area contributed by atoms with Gasteiger partial charge >= 0.3 is 0 Å². The predicted octanol–water partition coefficient (Wildman–Crippen LogP) is 0.275. The van der Waals surface area contributed by atoms with E-state index in [0.29, 0.717) is 11.5 Å². The van der Waals surface area contributed by atoms with Crippen molar-refractivity contribution in [3.8, 4) is 11.5 Å². The lowest BCUT2D eigenvalue weighted by molar-refractivity contribution is -0.136. The van der Waals surface area contributed by atoms with Gasteiger partial charge in [-0.25, -0.2) is 8.42 Å². The Morgan fingerprint density at radius 3 is 2.48 bits per heavy atom. The molecule has 2 aliphatic rings. The van der Waals surface area contributed by atoms with Crippen LogP contribution in [0, 0.1) is 0 Å². The van der Waals surface area contributed by atoms with Crippen LogP contribution < -0.4 is 9.47 Å². The summed E-state index contributed by atoms with van der Waals surface area (Å²) in [5, 5.41) is 0. The first-order chi connectivity index (χ1) is 10.9. The summed E-state index contributed by atoms with van der Waals surface area (Å²) in [6.07, 6.45) is 0. The van der Waals surface area contributed by atoms with Crippen LogP contribution in [0.2, 0.25) is 0 Å². The lowest BCUT2D eigenvalue weighted by Crippen LogP contribution is -2.48. The molecule has 0 N–H and O–H groups in total. The molecular formula is C15H20N2O5S. The first-order valence-corrected chi connectivity index (χ1v) is 9.25. The fraction of sp³-hybridized carbons (Fsp3) is 0.533.